The standard InChI is InChI=1S/C19H26ClN5O2.HI/c1-2-21-19(22-13-18(26)15-3-5-16(20)6-4-15)25-10-8-24(9-11-25)14-17-7-12-27-23-17;/h3-7,12,18,26H,2,8-11,13-14H2,1H3,(H,21,22);1H. The second-order valence-corrected chi connectivity index (χ2v) is 6.95. The molecule has 1 aliphatic heterocycles. The normalized spacial score (nSPS) is 16.5. The predicted molar refractivity (Wildman–Crippen MR) is 121 cm³/mol. The van der Waals surface area contributed by atoms with E-state index in [2.05, 4.69) is 25.3 Å². The highest BCUT2D eigenvalue weighted by Crippen LogP contribution is 2.17. The third-order valence-electron chi connectivity index (χ3n) is 4.55. The molecule has 1 unspecified atom stereocenters. The summed E-state index contributed by atoms with van der Waals surface area (Å²) in [6.45, 7) is 7.55. The van der Waals surface area contributed by atoms with Crippen molar-refractivity contribution in [3.8, 4) is 0 Å². The number of nitrogens with zero attached hydrogens (tertiary/aromatic N) is 4. The number of aliphatic imine (C=N–C) groups is 1. The van der Waals surface area contributed by atoms with Gasteiger partial charge in [-0.05, 0) is 24.6 Å². The van der Waals surface area contributed by atoms with Crippen molar-refractivity contribution in [3.63, 3.8) is 0 Å². The van der Waals surface area contributed by atoms with E-state index in [0.29, 0.717) is 11.6 Å². The van der Waals surface area contributed by atoms with E-state index in [1.807, 2.05) is 25.1 Å². The zero-order valence-electron chi connectivity index (χ0n) is 15.9. The molecule has 0 spiro atoms. The molecule has 2 heterocycles. The lowest BCUT2D eigenvalue weighted by atomic mass is 10.1. The minimum Gasteiger partial charge on any atom is -0.386 e. The number of aromatic nitrogens is 1. The lowest BCUT2D eigenvalue weighted by Gasteiger charge is -2.36. The molecule has 0 aliphatic carbocycles. The molecule has 1 aromatic carbocycles. The fourth-order valence-electron chi connectivity index (χ4n) is 3.06. The molecule has 0 saturated carbocycles. The van der Waals surface area contributed by atoms with Gasteiger partial charge in [-0.1, -0.05) is 28.9 Å². The lowest BCUT2D eigenvalue weighted by Crippen LogP contribution is -2.52. The molecule has 1 aliphatic rings. The fraction of sp³-hybridized carbons (Fsp3) is 0.474. The van der Waals surface area contributed by atoms with Gasteiger partial charge in [0.2, 0.25) is 0 Å². The Morgan fingerprint density at radius 3 is 2.57 bits per heavy atom. The average Bonchev–Trinajstić information content (AvgIpc) is 3.19. The third kappa shape index (κ3) is 6.61. The lowest BCUT2D eigenvalue weighted by molar-refractivity contribution is 0.166. The Hall–Kier alpha value is -1.36. The first-order valence-electron chi connectivity index (χ1n) is 9.24. The number of aliphatic hydroxyl groups excluding tert-OH is 1. The molecule has 0 radical (unpaired) electrons. The second kappa shape index (κ2) is 11.6. The SMILES string of the molecule is CCNC(=NCC(O)c1ccc(Cl)cc1)N1CCN(Cc2ccon2)CC1.I. The Kier molecular flexibility index (Phi) is 9.49. The third-order valence-corrected chi connectivity index (χ3v) is 4.80. The van der Waals surface area contributed by atoms with Crippen LogP contribution in [0.2, 0.25) is 5.02 Å². The Morgan fingerprint density at radius 2 is 1.96 bits per heavy atom. The van der Waals surface area contributed by atoms with E-state index < -0.39 is 6.10 Å². The molecule has 2 aromatic rings. The van der Waals surface area contributed by atoms with Crippen LogP contribution in [-0.4, -0.2) is 65.3 Å². The number of piperazine rings is 1. The molecule has 0 bridgehead atoms. The van der Waals surface area contributed by atoms with E-state index >= 15 is 0 Å². The van der Waals surface area contributed by atoms with E-state index in [4.69, 9.17) is 16.1 Å². The van der Waals surface area contributed by atoms with Gasteiger partial charge < -0.3 is 19.8 Å². The van der Waals surface area contributed by atoms with Crippen molar-refractivity contribution in [3.05, 3.63) is 52.9 Å². The van der Waals surface area contributed by atoms with Crippen LogP contribution in [0.3, 0.4) is 0 Å². The summed E-state index contributed by atoms with van der Waals surface area (Å²) in [5.41, 5.74) is 1.77. The van der Waals surface area contributed by atoms with Crippen LogP contribution >= 0.6 is 35.6 Å². The average molecular weight is 520 g/mol. The molecule has 2 N–H and O–H groups in total. The second-order valence-electron chi connectivity index (χ2n) is 6.52. The summed E-state index contributed by atoms with van der Waals surface area (Å²) in [5, 5.41) is 18.4. The molecule has 9 heteroatoms. The first kappa shape index (κ1) is 22.9. The van der Waals surface area contributed by atoms with Crippen molar-refractivity contribution in [2.45, 2.75) is 19.6 Å². The van der Waals surface area contributed by atoms with Crippen molar-refractivity contribution in [2.24, 2.45) is 4.99 Å². The summed E-state index contributed by atoms with van der Waals surface area (Å²) in [7, 11) is 0. The van der Waals surface area contributed by atoms with Crippen LogP contribution in [0.25, 0.3) is 0 Å². The molecular weight excluding hydrogens is 493 g/mol. The Bertz CT molecular complexity index is 718. The number of aliphatic hydroxyl groups is 1. The molecule has 7 nitrogen and oxygen atoms in total. The monoisotopic (exact) mass is 519 g/mol. The van der Waals surface area contributed by atoms with Gasteiger partial charge in [-0.25, -0.2) is 0 Å². The molecule has 1 fully saturated rings. The van der Waals surface area contributed by atoms with Crippen LogP contribution in [0.4, 0.5) is 0 Å². The number of benzene rings is 1. The van der Waals surface area contributed by atoms with Crippen LogP contribution < -0.4 is 5.32 Å². The van der Waals surface area contributed by atoms with E-state index in [0.717, 1.165) is 56.5 Å². The van der Waals surface area contributed by atoms with E-state index in [-0.39, 0.29) is 24.0 Å². The summed E-state index contributed by atoms with van der Waals surface area (Å²) in [5.74, 6) is 0.839. The molecule has 28 heavy (non-hydrogen) atoms. The Labute approximate surface area is 187 Å². The smallest absolute Gasteiger partial charge is 0.194 e. The molecular formula is C19H27ClIN5O2. The zero-order chi connectivity index (χ0) is 19.1. The van der Waals surface area contributed by atoms with E-state index in [1.54, 1.807) is 18.4 Å². The number of rotatable bonds is 6. The summed E-state index contributed by atoms with van der Waals surface area (Å²) in [6, 6.07) is 9.12. The van der Waals surface area contributed by atoms with Gasteiger partial charge in [0.1, 0.15) is 6.26 Å². The Balaban J connectivity index is 0.00000280. The number of nitrogens with one attached hydrogen (secondary N) is 1. The van der Waals surface area contributed by atoms with E-state index in [1.165, 1.54) is 0 Å². The van der Waals surface area contributed by atoms with Gasteiger partial charge >= 0.3 is 0 Å². The Morgan fingerprint density at radius 1 is 1.25 bits per heavy atom. The first-order chi connectivity index (χ1) is 13.2. The van der Waals surface area contributed by atoms with Crippen LogP contribution in [0.5, 0.6) is 0 Å². The minimum absolute atomic E-state index is 0. The van der Waals surface area contributed by atoms with Gasteiger partial charge in [-0.2, -0.15) is 0 Å². The largest absolute Gasteiger partial charge is 0.386 e. The summed E-state index contributed by atoms with van der Waals surface area (Å²) in [4.78, 5) is 9.22. The van der Waals surface area contributed by atoms with E-state index in [9.17, 15) is 5.11 Å². The number of guanidine groups is 1. The minimum atomic E-state index is -0.649. The number of hydrogen-bond donors (Lipinski definition) is 2. The fourth-order valence-corrected chi connectivity index (χ4v) is 3.18. The van der Waals surface area contributed by atoms with Crippen molar-refractivity contribution in [1.82, 2.24) is 20.3 Å². The van der Waals surface area contributed by atoms with Crippen LogP contribution in [0.15, 0.2) is 46.1 Å². The molecule has 154 valence electrons. The van der Waals surface area contributed by atoms with Crippen molar-refractivity contribution in [2.75, 3.05) is 39.3 Å². The highest BCUT2D eigenvalue weighted by atomic mass is 127. The summed E-state index contributed by atoms with van der Waals surface area (Å²) < 4.78 is 4.90. The van der Waals surface area contributed by atoms with Crippen LogP contribution in [0, 0.1) is 0 Å². The highest BCUT2D eigenvalue weighted by Gasteiger charge is 2.20. The van der Waals surface area contributed by atoms with Crippen molar-refractivity contribution >= 4 is 41.5 Å². The van der Waals surface area contributed by atoms with Gasteiger partial charge in [0.15, 0.2) is 5.96 Å². The quantitative estimate of drug-likeness (QED) is 0.347. The maximum Gasteiger partial charge on any atom is 0.194 e. The topological polar surface area (TPSA) is 77.1 Å². The van der Waals surface area contributed by atoms with Gasteiger partial charge in [0.05, 0.1) is 18.3 Å². The van der Waals surface area contributed by atoms with Crippen molar-refractivity contribution < 1.29 is 9.63 Å². The number of hydrogen-bond acceptors (Lipinski definition) is 5. The molecule has 1 aromatic heterocycles. The zero-order valence-corrected chi connectivity index (χ0v) is 19.0. The van der Waals surface area contributed by atoms with Gasteiger partial charge in [0, 0.05) is 50.4 Å². The van der Waals surface area contributed by atoms with Gasteiger partial charge in [-0.3, -0.25) is 9.89 Å². The molecule has 3 rings (SSSR count). The number of halogens is 2. The molecule has 0 amide bonds. The van der Waals surface area contributed by atoms with Crippen molar-refractivity contribution in [1.29, 1.82) is 0 Å². The van der Waals surface area contributed by atoms with Gasteiger partial charge in [0.25, 0.3) is 0 Å². The van der Waals surface area contributed by atoms with Gasteiger partial charge in [-0.15, -0.1) is 24.0 Å². The summed E-state index contributed by atoms with van der Waals surface area (Å²) >= 11 is 5.90. The molecule has 1 saturated heterocycles. The first-order valence-corrected chi connectivity index (χ1v) is 9.62. The van der Waals surface area contributed by atoms with Crippen LogP contribution in [-0.2, 0) is 6.54 Å². The predicted octanol–water partition coefficient (Wildman–Crippen LogP) is 2.76. The maximum atomic E-state index is 10.4. The summed E-state index contributed by atoms with van der Waals surface area (Å²) in [6.07, 6.45) is 0.956. The molecule has 1 atom stereocenters. The maximum absolute atomic E-state index is 10.4. The highest BCUT2D eigenvalue weighted by molar-refractivity contribution is 14.0. The van der Waals surface area contributed by atoms with Crippen LogP contribution in [0.1, 0.15) is 24.3 Å².